The van der Waals surface area contributed by atoms with Crippen molar-refractivity contribution >= 4 is 22.6 Å². The van der Waals surface area contributed by atoms with Crippen LogP contribution >= 0.6 is 11.6 Å². The van der Waals surface area contributed by atoms with Gasteiger partial charge in [-0.05, 0) is 61.6 Å². The van der Waals surface area contributed by atoms with Crippen molar-refractivity contribution < 1.29 is 8.91 Å². The molecule has 158 valence electrons. The highest BCUT2D eigenvalue weighted by atomic mass is 35.5. The van der Waals surface area contributed by atoms with E-state index in [1.54, 1.807) is 6.07 Å². The molecule has 0 saturated heterocycles. The molecule has 0 atom stereocenters. The molecule has 0 radical (unpaired) electrons. The van der Waals surface area contributed by atoms with Crippen LogP contribution in [0.15, 0.2) is 40.9 Å². The number of benzene rings is 2. The number of halogens is 2. The van der Waals surface area contributed by atoms with Gasteiger partial charge in [0, 0.05) is 34.9 Å². The number of hydrogen-bond acceptors (Lipinski definition) is 5. The molecular formula is C23H21ClFN5O. The lowest BCUT2D eigenvalue weighted by molar-refractivity contribution is 0.360. The van der Waals surface area contributed by atoms with Crippen LogP contribution in [0.25, 0.3) is 16.7 Å². The lowest BCUT2D eigenvalue weighted by Gasteiger charge is -2.27. The Morgan fingerprint density at radius 1 is 1.00 bits per heavy atom. The fraction of sp³-hybridized carbons (Fsp3) is 0.348. The van der Waals surface area contributed by atoms with Crippen LogP contribution in [0.3, 0.4) is 0 Å². The normalized spacial score (nSPS) is 21.0. The topological polar surface area (TPSA) is 68.8 Å². The van der Waals surface area contributed by atoms with Crippen molar-refractivity contribution in [2.45, 2.75) is 50.6 Å². The van der Waals surface area contributed by atoms with Crippen molar-refractivity contribution in [1.29, 1.82) is 0 Å². The fourth-order valence-corrected chi connectivity index (χ4v) is 5.24. The van der Waals surface area contributed by atoms with E-state index in [0.29, 0.717) is 24.0 Å². The zero-order valence-corrected chi connectivity index (χ0v) is 17.6. The van der Waals surface area contributed by atoms with Crippen LogP contribution in [0.2, 0.25) is 5.02 Å². The number of nitrogens with one attached hydrogen (secondary N) is 1. The first kappa shape index (κ1) is 19.0. The van der Waals surface area contributed by atoms with Crippen LogP contribution in [0, 0.1) is 5.82 Å². The second-order valence-corrected chi connectivity index (χ2v) is 8.88. The zero-order valence-electron chi connectivity index (χ0n) is 16.8. The van der Waals surface area contributed by atoms with Gasteiger partial charge in [-0.1, -0.05) is 16.8 Å². The molecule has 1 N–H and O–H groups in total. The molecule has 1 fully saturated rings. The average Bonchev–Trinajstić information content (AvgIpc) is 3.34. The van der Waals surface area contributed by atoms with Gasteiger partial charge in [-0.3, -0.25) is 4.57 Å². The molecule has 4 aromatic rings. The van der Waals surface area contributed by atoms with Crippen molar-refractivity contribution in [1.82, 2.24) is 25.2 Å². The highest BCUT2D eigenvalue weighted by Gasteiger charge is 2.31. The third-order valence-electron chi connectivity index (χ3n) is 6.58. The Labute approximate surface area is 183 Å². The second kappa shape index (κ2) is 7.43. The first-order valence-electron chi connectivity index (χ1n) is 10.7. The Balaban J connectivity index is 1.28. The highest BCUT2D eigenvalue weighted by Crippen LogP contribution is 2.42. The molecule has 0 bridgehead atoms. The molecule has 0 amide bonds. The first-order chi connectivity index (χ1) is 15.2. The molecule has 1 aliphatic carbocycles. The number of nitrogens with zero attached hydrogens (tertiary/aromatic N) is 4. The van der Waals surface area contributed by atoms with E-state index >= 15 is 0 Å². The maximum Gasteiger partial charge on any atom is 0.170 e. The summed E-state index contributed by atoms with van der Waals surface area (Å²) in [4.78, 5) is 0. The summed E-state index contributed by atoms with van der Waals surface area (Å²) in [5.41, 5.74) is 3.72. The maximum absolute atomic E-state index is 13.5. The Morgan fingerprint density at radius 3 is 2.71 bits per heavy atom. The molecule has 0 spiro atoms. The van der Waals surface area contributed by atoms with E-state index in [-0.39, 0.29) is 5.82 Å². The monoisotopic (exact) mass is 437 g/mol. The molecule has 6 nitrogen and oxygen atoms in total. The number of aromatic nitrogens is 4. The third-order valence-corrected chi connectivity index (χ3v) is 6.81. The van der Waals surface area contributed by atoms with Gasteiger partial charge in [-0.25, -0.2) is 4.39 Å². The molecule has 31 heavy (non-hydrogen) atoms. The third kappa shape index (κ3) is 3.23. The summed E-state index contributed by atoms with van der Waals surface area (Å²) < 4.78 is 21.1. The SMILES string of the molecule is Fc1ccc2c(C3CCC(c4nnc5n4-c4ccc(Cl)cc4CNC5)CC3)noc2c1. The lowest BCUT2D eigenvalue weighted by Crippen LogP contribution is -2.17. The minimum atomic E-state index is -0.303. The average molecular weight is 438 g/mol. The smallest absolute Gasteiger partial charge is 0.170 e. The van der Waals surface area contributed by atoms with Gasteiger partial charge in [0.05, 0.1) is 17.9 Å². The van der Waals surface area contributed by atoms with Gasteiger partial charge >= 0.3 is 0 Å². The van der Waals surface area contributed by atoms with Gasteiger partial charge in [0.1, 0.15) is 11.6 Å². The van der Waals surface area contributed by atoms with Crippen LogP contribution < -0.4 is 5.32 Å². The van der Waals surface area contributed by atoms with E-state index in [0.717, 1.165) is 71.2 Å². The summed E-state index contributed by atoms with van der Waals surface area (Å²) in [5, 5.41) is 18.4. The number of fused-ring (bicyclic) bond motifs is 4. The van der Waals surface area contributed by atoms with Crippen LogP contribution in [0.1, 0.15) is 60.4 Å². The van der Waals surface area contributed by atoms with Crippen molar-refractivity contribution in [3.63, 3.8) is 0 Å². The van der Waals surface area contributed by atoms with E-state index in [4.69, 9.17) is 16.1 Å². The van der Waals surface area contributed by atoms with Crippen molar-refractivity contribution in [2.24, 2.45) is 0 Å². The Kier molecular flexibility index (Phi) is 4.54. The van der Waals surface area contributed by atoms with Gasteiger partial charge in [0.2, 0.25) is 0 Å². The number of rotatable bonds is 2. The summed E-state index contributed by atoms with van der Waals surface area (Å²) >= 11 is 6.23. The summed E-state index contributed by atoms with van der Waals surface area (Å²) in [6.45, 7) is 1.43. The molecule has 2 aromatic heterocycles. The van der Waals surface area contributed by atoms with E-state index < -0.39 is 0 Å². The summed E-state index contributed by atoms with van der Waals surface area (Å²) in [6.07, 6.45) is 3.96. The van der Waals surface area contributed by atoms with Crippen molar-refractivity contribution in [3.05, 3.63) is 70.1 Å². The number of hydrogen-bond donors (Lipinski definition) is 1. The van der Waals surface area contributed by atoms with Crippen LogP contribution in [0.4, 0.5) is 4.39 Å². The van der Waals surface area contributed by atoms with Crippen LogP contribution in [0.5, 0.6) is 0 Å². The molecule has 2 aromatic carbocycles. The van der Waals surface area contributed by atoms with Crippen molar-refractivity contribution in [2.75, 3.05) is 0 Å². The summed E-state index contributed by atoms with van der Waals surface area (Å²) in [6, 6.07) is 10.6. The summed E-state index contributed by atoms with van der Waals surface area (Å²) in [5.74, 6) is 2.29. The maximum atomic E-state index is 13.5. The predicted octanol–water partition coefficient (Wildman–Crippen LogP) is 5.25. The summed E-state index contributed by atoms with van der Waals surface area (Å²) in [7, 11) is 0. The Morgan fingerprint density at radius 2 is 1.84 bits per heavy atom. The molecule has 2 aliphatic rings. The molecule has 3 heterocycles. The van der Waals surface area contributed by atoms with Gasteiger partial charge in [0.25, 0.3) is 0 Å². The predicted molar refractivity (Wildman–Crippen MR) is 115 cm³/mol. The van der Waals surface area contributed by atoms with E-state index in [1.165, 1.54) is 12.1 Å². The lowest BCUT2D eigenvalue weighted by atomic mass is 9.79. The standard InChI is InChI=1S/C23H21ClFN5O/c24-16-5-8-19-15(9-16)11-26-12-21-27-28-23(30(19)21)14-3-1-13(2-4-14)22-18-7-6-17(25)10-20(18)31-29-22/h5-10,13-14,26H,1-4,11-12H2. The molecule has 1 saturated carbocycles. The first-order valence-corrected chi connectivity index (χ1v) is 11.0. The van der Waals surface area contributed by atoms with E-state index in [1.807, 2.05) is 12.1 Å². The van der Waals surface area contributed by atoms with E-state index in [9.17, 15) is 4.39 Å². The molecule has 6 rings (SSSR count). The zero-order chi connectivity index (χ0) is 20.9. The molecule has 1 aliphatic heterocycles. The quantitative estimate of drug-likeness (QED) is 0.464. The minimum Gasteiger partial charge on any atom is -0.356 e. The minimum absolute atomic E-state index is 0.303. The van der Waals surface area contributed by atoms with Gasteiger partial charge in [0.15, 0.2) is 11.4 Å². The van der Waals surface area contributed by atoms with Gasteiger partial charge in [-0.2, -0.15) is 0 Å². The highest BCUT2D eigenvalue weighted by molar-refractivity contribution is 6.30. The molecular weight excluding hydrogens is 417 g/mol. The molecule has 8 heteroatoms. The van der Waals surface area contributed by atoms with Crippen molar-refractivity contribution in [3.8, 4) is 5.69 Å². The fourth-order valence-electron chi connectivity index (χ4n) is 5.04. The molecule has 0 unspecified atom stereocenters. The Hall–Kier alpha value is -2.77. The second-order valence-electron chi connectivity index (χ2n) is 8.44. The largest absolute Gasteiger partial charge is 0.356 e. The van der Waals surface area contributed by atoms with Gasteiger partial charge < -0.3 is 9.84 Å². The Bertz CT molecular complexity index is 1270. The van der Waals surface area contributed by atoms with Gasteiger partial charge in [-0.15, -0.1) is 10.2 Å². The van der Waals surface area contributed by atoms with Crippen LogP contribution in [-0.4, -0.2) is 19.9 Å². The van der Waals surface area contributed by atoms with Crippen LogP contribution in [-0.2, 0) is 13.1 Å². The van der Waals surface area contributed by atoms with E-state index in [2.05, 4.69) is 31.3 Å².